The van der Waals surface area contributed by atoms with E-state index in [9.17, 15) is 15.0 Å². The van der Waals surface area contributed by atoms with E-state index in [1.54, 1.807) is 19.2 Å². The summed E-state index contributed by atoms with van der Waals surface area (Å²) in [6.07, 6.45) is 3.86. The van der Waals surface area contributed by atoms with Crippen LogP contribution in [0.15, 0.2) is 55.3 Å². The maximum atomic E-state index is 13.7. The van der Waals surface area contributed by atoms with Gasteiger partial charge in [0.15, 0.2) is 0 Å². The summed E-state index contributed by atoms with van der Waals surface area (Å²) in [7, 11) is 2.16. The first-order valence-corrected chi connectivity index (χ1v) is 12.7. The first-order chi connectivity index (χ1) is 16.8. The molecular formula is C28H36N4O3. The number of likely N-dealkylation sites (N-methyl/N-ethyl adjacent to an activating group) is 1. The zero-order valence-corrected chi connectivity index (χ0v) is 20.7. The smallest absolute Gasteiger partial charge is 0.233 e. The minimum absolute atomic E-state index is 0.169. The molecule has 186 valence electrons. The van der Waals surface area contributed by atoms with Crippen molar-refractivity contribution in [1.29, 1.82) is 0 Å². The Morgan fingerprint density at radius 1 is 1.20 bits per heavy atom. The van der Waals surface area contributed by atoms with Crippen LogP contribution in [0.25, 0.3) is 0 Å². The van der Waals surface area contributed by atoms with Gasteiger partial charge in [0, 0.05) is 44.3 Å². The Bertz CT molecular complexity index is 1100. The summed E-state index contributed by atoms with van der Waals surface area (Å²) in [5, 5.41) is 21.1. The Balaban J connectivity index is 1.34. The average molecular weight is 477 g/mol. The van der Waals surface area contributed by atoms with Crippen molar-refractivity contribution in [3.05, 3.63) is 66.5 Å². The molecule has 7 nitrogen and oxygen atoms in total. The summed E-state index contributed by atoms with van der Waals surface area (Å²) in [5.41, 5.74) is 1.87. The molecule has 2 N–H and O–H groups in total. The van der Waals surface area contributed by atoms with Gasteiger partial charge in [0.05, 0.1) is 23.0 Å². The molecule has 7 heteroatoms. The largest absolute Gasteiger partial charge is 0.386 e. The van der Waals surface area contributed by atoms with Crippen molar-refractivity contribution in [2.45, 2.75) is 43.8 Å². The van der Waals surface area contributed by atoms with Crippen LogP contribution in [-0.2, 0) is 10.4 Å². The van der Waals surface area contributed by atoms with Gasteiger partial charge in [-0.15, -0.1) is 6.58 Å². The standard InChI is InChI=1S/C28H36N4O3/c1-4-25(33)28(35,5-2)24-11-10-20(19-29-24)32-13-12-27(26(32)34)18-22(27)21-8-6-7-9-23(21)31-16-14-30(3)15-17-31/h4,6-11,19,22,25,33,35H,1,5,12-18H2,2-3H3/t22-,25+,27+,28?/m1/s1. The maximum absolute atomic E-state index is 13.7. The topological polar surface area (TPSA) is 80.1 Å². The molecule has 0 radical (unpaired) electrons. The van der Waals surface area contributed by atoms with E-state index >= 15 is 0 Å². The molecule has 1 saturated carbocycles. The highest BCUT2D eigenvalue weighted by molar-refractivity contribution is 6.03. The van der Waals surface area contributed by atoms with Gasteiger partial charge in [-0.3, -0.25) is 9.78 Å². The fourth-order valence-corrected chi connectivity index (χ4v) is 5.92. The Kier molecular flexibility index (Phi) is 6.20. The van der Waals surface area contributed by atoms with Crippen LogP contribution < -0.4 is 9.80 Å². The van der Waals surface area contributed by atoms with Crippen molar-refractivity contribution < 1.29 is 15.0 Å². The van der Waals surface area contributed by atoms with Crippen molar-refractivity contribution in [3.63, 3.8) is 0 Å². The highest BCUT2D eigenvalue weighted by Crippen LogP contribution is 2.66. The molecule has 1 aromatic heterocycles. The Hall–Kier alpha value is -2.74. The van der Waals surface area contributed by atoms with Crippen LogP contribution in [0.4, 0.5) is 11.4 Å². The van der Waals surface area contributed by atoms with Crippen molar-refractivity contribution in [3.8, 4) is 0 Å². The number of hydrogen-bond donors (Lipinski definition) is 2. The molecule has 1 spiro atoms. The summed E-state index contributed by atoms with van der Waals surface area (Å²) >= 11 is 0. The molecule has 2 aromatic rings. The van der Waals surface area contributed by atoms with E-state index in [0.717, 1.165) is 44.7 Å². The molecule has 1 aromatic carbocycles. The molecule has 3 heterocycles. The molecule has 4 atom stereocenters. The first-order valence-electron chi connectivity index (χ1n) is 12.7. The zero-order chi connectivity index (χ0) is 24.8. The van der Waals surface area contributed by atoms with E-state index in [4.69, 9.17) is 0 Å². The number of carbonyl (C=O) groups excluding carboxylic acids is 1. The third-order valence-electron chi connectivity index (χ3n) is 8.44. The highest BCUT2D eigenvalue weighted by atomic mass is 16.3. The van der Waals surface area contributed by atoms with Gasteiger partial charge in [-0.25, -0.2) is 0 Å². The third-order valence-corrected chi connectivity index (χ3v) is 8.44. The summed E-state index contributed by atoms with van der Waals surface area (Å²) in [5.74, 6) is 0.415. The molecule has 2 saturated heterocycles. The van der Waals surface area contributed by atoms with E-state index in [-0.39, 0.29) is 17.2 Å². The van der Waals surface area contributed by atoms with E-state index in [2.05, 4.69) is 52.7 Å². The predicted molar refractivity (Wildman–Crippen MR) is 138 cm³/mol. The minimum atomic E-state index is -1.49. The lowest BCUT2D eigenvalue weighted by Gasteiger charge is -2.35. The van der Waals surface area contributed by atoms with Gasteiger partial charge in [0.2, 0.25) is 5.91 Å². The number of piperazine rings is 1. The van der Waals surface area contributed by atoms with E-state index in [1.807, 2.05) is 11.0 Å². The second-order valence-corrected chi connectivity index (χ2v) is 10.3. The number of rotatable bonds is 7. The third kappa shape index (κ3) is 3.96. The van der Waals surface area contributed by atoms with Crippen LogP contribution in [0.3, 0.4) is 0 Å². The number of amides is 1. The zero-order valence-electron chi connectivity index (χ0n) is 20.7. The van der Waals surface area contributed by atoms with Crippen molar-refractivity contribution in [1.82, 2.24) is 9.88 Å². The Labute approximate surface area is 207 Å². The molecule has 1 amide bonds. The monoisotopic (exact) mass is 476 g/mol. The van der Waals surface area contributed by atoms with E-state index in [0.29, 0.717) is 18.7 Å². The van der Waals surface area contributed by atoms with Crippen LogP contribution in [-0.4, -0.2) is 71.9 Å². The molecule has 3 fully saturated rings. The van der Waals surface area contributed by atoms with Gasteiger partial charge in [-0.05, 0) is 50.1 Å². The second kappa shape index (κ2) is 9.04. The molecule has 0 bridgehead atoms. The van der Waals surface area contributed by atoms with Crippen LogP contribution in [0.5, 0.6) is 0 Å². The van der Waals surface area contributed by atoms with Gasteiger partial charge < -0.3 is 24.9 Å². The summed E-state index contributed by atoms with van der Waals surface area (Å²) in [6.45, 7) is 10.2. The number of nitrogens with zero attached hydrogens (tertiary/aromatic N) is 4. The summed E-state index contributed by atoms with van der Waals surface area (Å²) in [4.78, 5) is 24.8. The van der Waals surface area contributed by atoms with Gasteiger partial charge >= 0.3 is 0 Å². The number of aliphatic hydroxyl groups is 2. The Morgan fingerprint density at radius 2 is 1.94 bits per heavy atom. The van der Waals surface area contributed by atoms with Crippen molar-refractivity contribution >= 4 is 17.3 Å². The summed E-state index contributed by atoms with van der Waals surface area (Å²) in [6, 6.07) is 12.1. The number of aromatic nitrogens is 1. The van der Waals surface area contributed by atoms with Crippen LogP contribution in [0, 0.1) is 5.41 Å². The highest BCUT2D eigenvalue weighted by Gasteiger charge is 2.65. The van der Waals surface area contributed by atoms with Gasteiger partial charge in [0.25, 0.3) is 0 Å². The molecule has 5 rings (SSSR count). The lowest BCUT2D eigenvalue weighted by molar-refractivity contribution is -0.121. The van der Waals surface area contributed by atoms with Gasteiger partial charge in [-0.2, -0.15) is 0 Å². The number of anilines is 2. The van der Waals surface area contributed by atoms with Gasteiger partial charge in [0.1, 0.15) is 11.7 Å². The minimum Gasteiger partial charge on any atom is -0.386 e. The van der Waals surface area contributed by atoms with E-state index < -0.39 is 11.7 Å². The van der Waals surface area contributed by atoms with E-state index in [1.165, 1.54) is 17.3 Å². The molecular weight excluding hydrogens is 440 g/mol. The predicted octanol–water partition coefficient (Wildman–Crippen LogP) is 2.89. The maximum Gasteiger partial charge on any atom is 0.233 e. The molecule has 35 heavy (non-hydrogen) atoms. The fourth-order valence-electron chi connectivity index (χ4n) is 5.92. The number of aliphatic hydroxyl groups excluding tert-OH is 1. The fraction of sp³-hybridized carbons (Fsp3) is 0.500. The summed E-state index contributed by atoms with van der Waals surface area (Å²) < 4.78 is 0. The van der Waals surface area contributed by atoms with Crippen LogP contribution in [0.1, 0.15) is 43.4 Å². The molecule has 1 unspecified atom stereocenters. The number of para-hydroxylation sites is 1. The van der Waals surface area contributed by atoms with Crippen LogP contribution >= 0.6 is 0 Å². The number of hydrogen-bond acceptors (Lipinski definition) is 6. The van der Waals surface area contributed by atoms with Crippen molar-refractivity contribution in [2.75, 3.05) is 49.6 Å². The second-order valence-electron chi connectivity index (χ2n) is 10.3. The molecule has 2 aliphatic heterocycles. The lowest BCUT2D eigenvalue weighted by Crippen LogP contribution is -2.44. The molecule has 3 aliphatic rings. The van der Waals surface area contributed by atoms with Crippen LogP contribution in [0.2, 0.25) is 0 Å². The normalized spacial score (nSPS) is 27.2. The van der Waals surface area contributed by atoms with Crippen molar-refractivity contribution in [2.24, 2.45) is 5.41 Å². The average Bonchev–Trinajstić information content (AvgIpc) is 3.54. The number of benzene rings is 1. The Morgan fingerprint density at radius 3 is 2.60 bits per heavy atom. The number of carbonyl (C=O) groups is 1. The SMILES string of the molecule is C=C[C@H](O)C(O)(CC)c1ccc(N2CC[C@@]3(C[C@@H]3c3ccccc3N3CCN(C)CC3)C2=O)cn1. The lowest BCUT2D eigenvalue weighted by atomic mass is 9.89. The van der Waals surface area contributed by atoms with Gasteiger partial charge in [-0.1, -0.05) is 31.2 Å². The first kappa shape index (κ1) is 24.0. The quantitative estimate of drug-likeness (QED) is 0.599. The number of pyridine rings is 1. The molecule has 1 aliphatic carbocycles.